The Balaban J connectivity index is 1.49. The van der Waals surface area contributed by atoms with Crippen molar-refractivity contribution >= 4 is 5.91 Å². The molecule has 3 aromatic carbocycles. The molecule has 0 aliphatic carbocycles. The van der Waals surface area contributed by atoms with Crippen molar-refractivity contribution in [3.05, 3.63) is 102 Å². The van der Waals surface area contributed by atoms with E-state index in [1.807, 2.05) is 48.5 Å². The van der Waals surface area contributed by atoms with Crippen LogP contribution in [0.4, 0.5) is 0 Å². The van der Waals surface area contributed by atoms with Gasteiger partial charge in [0, 0.05) is 6.42 Å². The zero-order valence-corrected chi connectivity index (χ0v) is 19.1. The van der Waals surface area contributed by atoms with Gasteiger partial charge in [-0.15, -0.1) is 0 Å². The molecular weight excluding hydrogens is 394 g/mol. The van der Waals surface area contributed by atoms with Crippen LogP contribution in [0.3, 0.4) is 0 Å². The third-order valence-electron chi connectivity index (χ3n) is 5.65. The number of unbranched alkanes of at least 4 members (excludes halogenated alkanes) is 3. The van der Waals surface area contributed by atoms with Crippen LogP contribution in [0.1, 0.15) is 61.8 Å². The van der Waals surface area contributed by atoms with Crippen LogP contribution in [0.25, 0.3) is 0 Å². The van der Waals surface area contributed by atoms with Crippen molar-refractivity contribution in [3.8, 4) is 5.75 Å². The molecule has 0 heterocycles. The Bertz CT molecular complexity index is 907. The smallest absolute Gasteiger partial charge is 0.220 e. The average Bonchev–Trinajstić information content (AvgIpc) is 2.84. The molecule has 0 radical (unpaired) electrons. The summed E-state index contributed by atoms with van der Waals surface area (Å²) in [5.74, 6) is 0.979. The number of rotatable bonds is 13. The Hall–Kier alpha value is -3.07. The van der Waals surface area contributed by atoms with E-state index in [9.17, 15) is 4.79 Å². The summed E-state index contributed by atoms with van der Waals surface area (Å²) < 4.78 is 5.81. The summed E-state index contributed by atoms with van der Waals surface area (Å²) in [5, 5.41) is 3.24. The summed E-state index contributed by atoms with van der Waals surface area (Å²) in [5.41, 5.74) is 3.50. The summed E-state index contributed by atoms with van der Waals surface area (Å²) in [4.78, 5) is 12.7. The van der Waals surface area contributed by atoms with Gasteiger partial charge in [-0.3, -0.25) is 4.79 Å². The van der Waals surface area contributed by atoms with Gasteiger partial charge in [0.05, 0.1) is 12.6 Å². The van der Waals surface area contributed by atoms with Crippen LogP contribution >= 0.6 is 0 Å². The zero-order chi connectivity index (χ0) is 22.4. The number of benzene rings is 3. The largest absolute Gasteiger partial charge is 0.494 e. The highest BCUT2D eigenvalue weighted by Gasteiger charge is 2.15. The minimum Gasteiger partial charge on any atom is -0.494 e. The first-order valence-corrected chi connectivity index (χ1v) is 11.8. The molecule has 0 aliphatic heterocycles. The predicted molar refractivity (Wildman–Crippen MR) is 132 cm³/mol. The van der Waals surface area contributed by atoms with E-state index in [1.54, 1.807) is 0 Å². The molecule has 0 saturated heterocycles. The van der Waals surface area contributed by atoms with Crippen molar-refractivity contribution in [3.63, 3.8) is 0 Å². The van der Waals surface area contributed by atoms with Gasteiger partial charge in [-0.2, -0.15) is 0 Å². The first kappa shape index (κ1) is 23.6. The van der Waals surface area contributed by atoms with E-state index in [1.165, 1.54) is 24.8 Å². The molecule has 3 nitrogen and oxygen atoms in total. The maximum absolute atomic E-state index is 12.7. The molecule has 3 aromatic rings. The van der Waals surface area contributed by atoms with Gasteiger partial charge in [-0.05, 0) is 48.1 Å². The van der Waals surface area contributed by atoms with Crippen LogP contribution in [-0.2, 0) is 17.6 Å². The molecule has 3 heteroatoms. The van der Waals surface area contributed by atoms with Gasteiger partial charge in [0.25, 0.3) is 0 Å². The number of hydrogen-bond donors (Lipinski definition) is 1. The highest BCUT2D eigenvalue weighted by atomic mass is 16.5. The molecule has 0 aliphatic rings. The Labute approximate surface area is 192 Å². The van der Waals surface area contributed by atoms with E-state index >= 15 is 0 Å². The molecule has 168 valence electrons. The SMILES string of the molecule is CCCCCCOc1ccc(CCC(=O)NC(Cc2ccccc2)c2ccccc2)cc1. The normalized spacial score (nSPS) is 11.7. The Kier molecular flexibility index (Phi) is 9.85. The quantitative estimate of drug-likeness (QED) is 0.308. The number of aryl methyl sites for hydroxylation is 1. The molecule has 1 N–H and O–H groups in total. The number of carbonyl (C=O) groups is 1. The summed E-state index contributed by atoms with van der Waals surface area (Å²) in [6.07, 6.45) is 6.78. The minimum atomic E-state index is -0.0328. The fourth-order valence-electron chi connectivity index (χ4n) is 3.78. The highest BCUT2D eigenvalue weighted by molar-refractivity contribution is 5.76. The molecule has 3 rings (SSSR count). The van der Waals surface area contributed by atoms with Crippen LogP contribution in [0.5, 0.6) is 5.75 Å². The second-order valence-electron chi connectivity index (χ2n) is 8.27. The standard InChI is InChI=1S/C29H35NO2/c1-2-3-4-11-22-32-27-19-16-24(17-20-27)18-21-29(31)30-28(26-14-9-6-10-15-26)23-25-12-7-5-8-13-25/h5-10,12-17,19-20,28H,2-4,11,18,21-23H2,1H3,(H,30,31). The monoisotopic (exact) mass is 429 g/mol. The van der Waals surface area contributed by atoms with Crippen LogP contribution in [0, 0.1) is 0 Å². The van der Waals surface area contributed by atoms with Crippen LogP contribution in [0.2, 0.25) is 0 Å². The summed E-state index contributed by atoms with van der Waals surface area (Å²) in [6, 6.07) is 28.6. The molecule has 0 saturated carbocycles. The van der Waals surface area contributed by atoms with Gasteiger partial charge in [0.1, 0.15) is 5.75 Å². The van der Waals surface area contributed by atoms with Crippen LogP contribution in [-0.4, -0.2) is 12.5 Å². The van der Waals surface area contributed by atoms with E-state index in [4.69, 9.17) is 4.74 Å². The predicted octanol–water partition coefficient (Wildman–Crippen LogP) is 6.68. The van der Waals surface area contributed by atoms with Crippen molar-refractivity contribution in [2.75, 3.05) is 6.61 Å². The Morgan fingerprint density at radius 2 is 1.50 bits per heavy atom. The van der Waals surface area contributed by atoms with Gasteiger partial charge in [-0.25, -0.2) is 0 Å². The minimum absolute atomic E-state index is 0.0328. The number of hydrogen-bond acceptors (Lipinski definition) is 2. The maximum atomic E-state index is 12.7. The zero-order valence-electron chi connectivity index (χ0n) is 19.1. The van der Waals surface area contributed by atoms with E-state index in [-0.39, 0.29) is 11.9 Å². The van der Waals surface area contributed by atoms with Crippen molar-refractivity contribution < 1.29 is 9.53 Å². The van der Waals surface area contributed by atoms with E-state index in [0.717, 1.165) is 42.7 Å². The first-order valence-electron chi connectivity index (χ1n) is 11.8. The lowest BCUT2D eigenvalue weighted by atomic mass is 9.98. The molecule has 1 atom stereocenters. The second-order valence-corrected chi connectivity index (χ2v) is 8.27. The molecule has 1 amide bonds. The Morgan fingerprint density at radius 1 is 0.812 bits per heavy atom. The van der Waals surface area contributed by atoms with Gasteiger partial charge in [0.2, 0.25) is 5.91 Å². The number of ether oxygens (including phenoxy) is 1. The highest BCUT2D eigenvalue weighted by Crippen LogP contribution is 2.19. The van der Waals surface area contributed by atoms with E-state index in [0.29, 0.717) is 6.42 Å². The molecule has 0 bridgehead atoms. The molecule has 1 unspecified atom stereocenters. The third kappa shape index (κ3) is 8.22. The molecule has 0 aromatic heterocycles. The van der Waals surface area contributed by atoms with Crippen molar-refractivity contribution in [1.29, 1.82) is 0 Å². The van der Waals surface area contributed by atoms with Crippen molar-refractivity contribution in [2.24, 2.45) is 0 Å². The molecular formula is C29H35NO2. The van der Waals surface area contributed by atoms with Crippen molar-refractivity contribution in [2.45, 2.75) is 57.9 Å². The third-order valence-corrected chi connectivity index (χ3v) is 5.65. The first-order chi connectivity index (χ1) is 15.7. The van der Waals surface area contributed by atoms with E-state index < -0.39 is 0 Å². The Morgan fingerprint density at radius 3 is 2.19 bits per heavy atom. The van der Waals surface area contributed by atoms with Crippen molar-refractivity contribution in [1.82, 2.24) is 5.32 Å². The molecule has 0 spiro atoms. The molecule has 0 fully saturated rings. The van der Waals surface area contributed by atoms with Gasteiger partial charge in [0.15, 0.2) is 0 Å². The van der Waals surface area contributed by atoms with Gasteiger partial charge >= 0.3 is 0 Å². The second kappa shape index (κ2) is 13.4. The number of carbonyl (C=O) groups excluding carboxylic acids is 1. The number of nitrogens with one attached hydrogen (secondary N) is 1. The van der Waals surface area contributed by atoms with Crippen LogP contribution in [0.15, 0.2) is 84.9 Å². The fourth-order valence-corrected chi connectivity index (χ4v) is 3.78. The topological polar surface area (TPSA) is 38.3 Å². The fraction of sp³-hybridized carbons (Fsp3) is 0.345. The lowest BCUT2D eigenvalue weighted by molar-refractivity contribution is -0.121. The summed E-state index contributed by atoms with van der Waals surface area (Å²) in [6.45, 7) is 2.98. The molecule has 32 heavy (non-hydrogen) atoms. The summed E-state index contributed by atoms with van der Waals surface area (Å²) >= 11 is 0. The maximum Gasteiger partial charge on any atom is 0.220 e. The van der Waals surface area contributed by atoms with E-state index in [2.05, 4.69) is 48.6 Å². The van der Waals surface area contributed by atoms with Gasteiger partial charge < -0.3 is 10.1 Å². The number of amides is 1. The lowest BCUT2D eigenvalue weighted by Crippen LogP contribution is -2.30. The van der Waals surface area contributed by atoms with Crippen LogP contribution < -0.4 is 10.1 Å². The summed E-state index contributed by atoms with van der Waals surface area (Å²) in [7, 11) is 0. The average molecular weight is 430 g/mol. The lowest BCUT2D eigenvalue weighted by Gasteiger charge is -2.19. The van der Waals surface area contributed by atoms with Gasteiger partial charge in [-0.1, -0.05) is 99.0 Å².